The van der Waals surface area contributed by atoms with Crippen molar-refractivity contribution >= 4 is 11.9 Å². The third kappa shape index (κ3) is 1.35. The van der Waals surface area contributed by atoms with E-state index in [-0.39, 0.29) is 11.5 Å². The van der Waals surface area contributed by atoms with Gasteiger partial charge in [0.2, 0.25) is 0 Å². The van der Waals surface area contributed by atoms with E-state index in [0.29, 0.717) is 24.2 Å². The molecule has 1 aliphatic heterocycles. The number of carbonyl (C=O) groups is 2. The van der Waals surface area contributed by atoms with Gasteiger partial charge in [-0.05, 0) is 25.0 Å². The smallest absolute Gasteiger partial charge is 0.322 e. The summed E-state index contributed by atoms with van der Waals surface area (Å²) in [4.78, 5) is 22.1. The van der Waals surface area contributed by atoms with Gasteiger partial charge in [0.1, 0.15) is 11.6 Å². The number of carbonyl (C=O) groups excluding carboxylic acids is 1. The minimum Gasteiger partial charge on any atom is -0.481 e. The Hall–Kier alpha value is -1.91. The van der Waals surface area contributed by atoms with E-state index in [1.165, 1.54) is 12.1 Å². The normalized spacial score (nSPS) is 19.0. The third-order valence-electron chi connectivity index (χ3n) is 3.35. The van der Waals surface area contributed by atoms with Gasteiger partial charge >= 0.3 is 11.9 Å². The van der Waals surface area contributed by atoms with Crippen LogP contribution in [0.5, 0.6) is 5.75 Å². The van der Waals surface area contributed by atoms with Crippen LogP contribution in [0.1, 0.15) is 24.0 Å². The van der Waals surface area contributed by atoms with Crippen LogP contribution in [0.15, 0.2) is 12.1 Å². The fraction of sp³-hybridized carbons (Fsp3) is 0.333. The van der Waals surface area contributed by atoms with Gasteiger partial charge < -0.3 is 9.84 Å². The van der Waals surface area contributed by atoms with Crippen molar-refractivity contribution in [2.45, 2.75) is 24.7 Å². The van der Waals surface area contributed by atoms with Crippen molar-refractivity contribution in [2.24, 2.45) is 0 Å². The first kappa shape index (κ1) is 10.3. The number of hydrogen-bond acceptors (Lipinski definition) is 3. The Kier molecular flexibility index (Phi) is 1.85. The molecular weight excluding hydrogens is 227 g/mol. The molecule has 0 aromatic heterocycles. The van der Waals surface area contributed by atoms with Crippen molar-refractivity contribution in [3.05, 3.63) is 29.1 Å². The van der Waals surface area contributed by atoms with Crippen LogP contribution in [-0.4, -0.2) is 17.0 Å². The lowest BCUT2D eigenvalue weighted by atomic mass is 9.96. The van der Waals surface area contributed by atoms with Crippen LogP contribution >= 0.6 is 0 Å². The van der Waals surface area contributed by atoms with Crippen LogP contribution in [0.2, 0.25) is 0 Å². The second-order valence-corrected chi connectivity index (χ2v) is 4.48. The van der Waals surface area contributed by atoms with Crippen LogP contribution in [0.3, 0.4) is 0 Å². The number of hydrogen-bond donors (Lipinski definition) is 1. The molecule has 1 heterocycles. The zero-order valence-electron chi connectivity index (χ0n) is 8.83. The van der Waals surface area contributed by atoms with E-state index in [2.05, 4.69) is 0 Å². The number of carboxylic acids is 1. The van der Waals surface area contributed by atoms with Crippen LogP contribution in [0.4, 0.5) is 4.39 Å². The van der Waals surface area contributed by atoms with Gasteiger partial charge in [0.25, 0.3) is 0 Å². The number of carboxylic acid groups (broad SMARTS) is 1. The van der Waals surface area contributed by atoms with Crippen LogP contribution in [0, 0.1) is 5.82 Å². The summed E-state index contributed by atoms with van der Waals surface area (Å²) in [6, 6.07) is 2.56. The van der Waals surface area contributed by atoms with Gasteiger partial charge in [-0.3, -0.25) is 9.59 Å². The monoisotopic (exact) mass is 236 g/mol. The molecule has 1 aromatic carbocycles. The fourth-order valence-corrected chi connectivity index (χ4v) is 2.26. The van der Waals surface area contributed by atoms with Crippen LogP contribution < -0.4 is 4.74 Å². The largest absolute Gasteiger partial charge is 0.481 e. The van der Waals surface area contributed by atoms with Crippen LogP contribution in [-0.2, 0) is 21.4 Å². The lowest BCUT2D eigenvalue weighted by Crippen LogP contribution is -2.16. The molecule has 0 radical (unpaired) electrons. The van der Waals surface area contributed by atoms with Crippen molar-refractivity contribution < 1.29 is 23.8 Å². The van der Waals surface area contributed by atoms with Crippen LogP contribution in [0.25, 0.3) is 0 Å². The summed E-state index contributed by atoms with van der Waals surface area (Å²) in [5.74, 6) is -1.74. The molecule has 1 N–H and O–H groups in total. The average molecular weight is 236 g/mol. The highest BCUT2D eigenvalue weighted by Crippen LogP contribution is 2.56. The SMILES string of the molecule is O=C(O)Cc1cc2c(cc1F)C1(CC1)C(=O)O2. The summed E-state index contributed by atoms with van der Waals surface area (Å²) in [5, 5.41) is 8.63. The number of ether oxygens (including phenoxy) is 1. The molecule has 1 saturated carbocycles. The van der Waals surface area contributed by atoms with Crippen molar-refractivity contribution in [1.29, 1.82) is 0 Å². The third-order valence-corrected chi connectivity index (χ3v) is 3.35. The maximum Gasteiger partial charge on any atom is 0.322 e. The van der Waals surface area contributed by atoms with Gasteiger partial charge in [0, 0.05) is 11.1 Å². The minimum atomic E-state index is -1.12. The van der Waals surface area contributed by atoms with E-state index < -0.39 is 23.6 Å². The molecule has 1 aromatic rings. The first-order valence-electron chi connectivity index (χ1n) is 5.30. The first-order chi connectivity index (χ1) is 8.03. The average Bonchev–Trinajstić information content (AvgIpc) is 2.98. The molecular formula is C12H9FO4. The molecule has 0 unspecified atom stereocenters. The van der Waals surface area contributed by atoms with E-state index in [9.17, 15) is 14.0 Å². The summed E-state index contributed by atoms with van der Waals surface area (Å²) in [6.07, 6.45) is 0.941. The standard InChI is InChI=1S/C12H9FO4/c13-8-5-7-9(3-6(8)4-10(14)15)17-11(16)12(7)1-2-12/h3,5H,1-2,4H2,(H,14,15). The Bertz CT molecular complexity index is 546. The van der Waals surface area contributed by atoms with E-state index in [0.717, 1.165) is 0 Å². The van der Waals surface area contributed by atoms with Crippen molar-refractivity contribution in [1.82, 2.24) is 0 Å². The van der Waals surface area contributed by atoms with E-state index >= 15 is 0 Å². The van der Waals surface area contributed by atoms with Gasteiger partial charge in [-0.1, -0.05) is 0 Å². The van der Waals surface area contributed by atoms with Crippen molar-refractivity contribution in [3.63, 3.8) is 0 Å². The topological polar surface area (TPSA) is 63.6 Å². The summed E-state index contributed by atoms with van der Waals surface area (Å²) in [6.45, 7) is 0. The highest BCUT2D eigenvalue weighted by Gasteiger charge is 2.58. The molecule has 1 aliphatic carbocycles. The summed E-state index contributed by atoms with van der Waals surface area (Å²) in [5.41, 5.74) is -0.0336. The maximum absolute atomic E-state index is 13.7. The summed E-state index contributed by atoms with van der Waals surface area (Å²) in [7, 11) is 0. The predicted octanol–water partition coefficient (Wildman–Crippen LogP) is 1.40. The van der Waals surface area contributed by atoms with Crippen molar-refractivity contribution in [3.8, 4) is 5.75 Å². The number of rotatable bonds is 2. The molecule has 0 saturated heterocycles. The molecule has 0 atom stereocenters. The maximum atomic E-state index is 13.7. The zero-order valence-corrected chi connectivity index (χ0v) is 8.83. The van der Waals surface area contributed by atoms with Crippen molar-refractivity contribution in [2.75, 3.05) is 0 Å². The van der Waals surface area contributed by atoms with Gasteiger partial charge in [-0.2, -0.15) is 0 Å². The second-order valence-electron chi connectivity index (χ2n) is 4.48. The number of fused-ring (bicyclic) bond motifs is 2. The van der Waals surface area contributed by atoms with Gasteiger partial charge in [0.15, 0.2) is 0 Å². The van der Waals surface area contributed by atoms with E-state index in [4.69, 9.17) is 9.84 Å². The molecule has 5 heteroatoms. The van der Waals surface area contributed by atoms with E-state index in [1.807, 2.05) is 0 Å². The Balaban J connectivity index is 2.07. The number of esters is 1. The first-order valence-corrected chi connectivity index (χ1v) is 5.30. The lowest BCUT2D eigenvalue weighted by molar-refractivity contribution is -0.136. The molecule has 1 spiro atoms. The molecule has 88 valence electrons. The minimum absolute atomic E-state index is 0.0433. The summed E-state index contributed by atoms with van der Waals surface area (Å²) >= 11 is 0. The molecule has 0 bridgehead atoms. The molecule has 4 nitrogen and oxygen atoms in total. The van der Waals surface area contributed by atoms with Gasteiger partial charge in [0.05, 0.1) is 11.8 Å². The quantitative estimate of drug-likeness (QED) is 0.622. The second kappa shape index (κ2) is 3.06. The van der Waals surface area contributed by atoms with Gasteiger partial charge in [-0.15, -0.1) is 0 Å². The number of aliphatic carboxylic acids is 1. The predicted molar refractivity (Wildman–Crippen MR) is 54.3 cm³/mol. The Morgan fingerprint density at radius 1 is 1.47 bits per heavy atom. The number of halogens is 1. The Morgan fingerprint density at radius 2 is 2.18 bits per heavy atom. The van der Waals surface area contributed by atoms with Gasteiger partial charge in [-0.25, -0.2) is 4.39 Å². The molecule has 1 fully saturated rings. The Morgan fingerprint density at radius 3 is 2.76 bits per heavy atom. The fourth-order valence-electron chi connectivity index (χ4n) is 2.26. The molecule has 3 rings (SSSR count). The Labute approximate surface area is 96.0 Å². The highest BCUT2D eigenvalue weighted by molar-refractivity contribution is 5.93. The van der Waals surface area contributed by atoms with E-state index in [1.54, 1.807) is 0 Å². The highest BCUT2D eigenvalue weighted by atomic mass is 19.1. The lowest BCUT2D eigenvalue weighted by Gasteiger charge is -2.05. The summed E-state index contributed by atoms with van der Waals surface area (Å²) < 4.78 is 18.7. The molecule has 0 amide bonds. The number of benzene rings is 1. The molecule has 17 heavy (non-hydrogen) atoms. The molecule has 2 aliphatic rings. The zero-order chi connectivity index (χ0) is 12.2.